The highest BCUT2D eigenvalue weighted by Gasteiger charge is 2.50. The maximum Gasteiger partial charge on any atom is 0.418 e. The second kappa shape index (κ2) is 7.41. The van der Waals surface area contributed by atoms with E-state index in [0.717, 1.165) is 62.0 Å². The van der Waals surface area contributed by atoms with Crippen LogP contribution >= 0.6 is 12.2 Å². The minimum Gasteiger partial charge on any atom is -0.346 e. The van der Waals surface area contributed by atoms with Gasteiger partial charge in [-0.15, -0.1) is 0 Å². The van der Waals surface area contributed by atoms with Crippen LogP contribution in [0.1, 0.15) is 37.7 Å². The minimum absolute atomic E-state index is 0.0356. The number of nitrogens with one attached hydrogen (secondary N) is 1. The molecule has 0 aromatic heterocycles. The van der Waals surface area contributed by atoms with Gasteiger partial charge in [0.25, 0.3) is 0 Å². The summed E-state index contributed by atoms with van der Waals surface area (Å²) in [5.41, 5.74) is -0.636. The lowest BCUT2D eigenvalue weighted by Gasteiger charge is -2.58. The third-order valence-electron chi connectivity index (χ3n) is 7.67. The van der Waals surface area contributed by atoms with Gasteiger partial charge in [-0.2, -0.15) is 13.2 Å². The standard InChI is InChI=1S/C22H28F3N3S/c23-22(24,25)18-3-1-2-4-19(18)26-21(29)28-7-5-27(6-8-28)20-16-10-14-9-15(12-16)13-17(20)11-14/h1-4,14-17,20H,5-13H2,(H,26,29). The number of hydrogen-bond donors (Lipinski definition) is 1. The molecule has 1 aromatic carbocycles. The van der Waals surface area contributed by atoms with Crippen LogP contribution in [0, 0.1) is 23.7 Å². The van der Waals surface area contributed by atoms with Crippen molar-refractivity contribution in [2.24, 2.45) is 23.7 Å². The lowest BCUT2D eigenvalue weighted by molar-refractivity contribution is -0.136. The summed E-state index contributed by atoms with van der Waals surface area (Å²) in [6.45, 7) is 3.47. The molecular weight excluding hydrogens is 395 g/mol. The number of thiocarbonyl (C=S) groups is 1. The predicted molar refractivity (Wildman–Crippen MR) is 112 cm³/mol. The van der Waals surface area contributed by atoms with Crippen molar-refractivity contribution in [3.63, 3.8) is 0 Å². The van der Waals surface area contributed by atoms with Gasteiger partial charge in [0, 0.05) is 32.2 Å². The molecule has 0 amide bonds. The van der Waals surface area contributed by atoms with Crippen molar-refractivity contribution in [3.05, 3.63) is 29.8 Å². The van der Waals surface area contributed by atoms with Crippen molar-refractivity contribution in [1.82, 2.24) is 9.80 Å². The average molecular weight is 424 g/mol. The van der Waals surface area contributed by atoms with Gasteiger partial charge in [0.2, 0.25) is 0 Å². The molecule has 0 spiro atoms. The van der Waals surface area contributed by atoms with Crippen molar-refractivity contribution < 1.29 is 13.2 Å². The summed E-state index contributed by atoms with van der Waals surface area (Å²) in [6, 6.07) is 6.26. The first-order chi connectivity index (χ1) is 13.9. The molecule has 4 saturated carbocycles. The molecule has 6 rings (SSSR count). The third kappa shape index (κ3) is 3.76. The Bertz CT molecular complexity index is 745. The number of nitrogens with zero attached hydrogens (tertiary/aromatic N) is 2. The quantitative estimate of drug-likeness (QED) is 0.686. The van der Waals surface area contributed by atoms with Crippen molar-refractivity contribution >= 4 is 23.0 Å². The van der Waals surface area contributed by atoms with E-state index in [9.17, 15) is 13.2 Å². The lowest BCUT2D eigenvalue weighted by atomic mass is 9.54. The molecule has 29 heavy (non-hydrogen) atoms. The fourth-order valence-electron chi connectivity index (χ4n) is 6.75. The van der Waals surface area contributed by atoms with E-state index >= 15 is 0 Å². The maximum absolute atomic E-state index is 13.2. The van der Waals surface area contributed by atoms with Crippen LogP contribution in [0.3, 0.4) is 0 Å². The van der Waals surface area contributed by atoms with Crippen molar-refractivity contribution in [2.75, 3.05) is 31.5 Å². The summed E-state index contributed by atoms with van der Waals surface area (Å²) >= 11 is 5.46. The Hall–Kier alpha value is -1.34. The van der Waals surface area contributed by atoms with Crippen molar-refractivity contribution in [3.8, 4) is 0 Å². The Kier molecular flexibility index (Phi) is 5.01. The zero-order valence-electron chi connectivity index (χ0n) is 16.5. The first-order valence-corrected chi connectivity index (χ1v) is 11.3. The van der Waals surface area contributed by atoms with Crippen molar-refractivity contribution in [1.29, 1.82) is 0 Å². The second-order valence-electron chi connectivity index (χ2n) is 9.42. The zero-order chi connectivity index (χ0) is 20.2. The van der Waals surface area contributed by atoms with Crippen LogP contribution in [-0.4, -0.2) is 47.1 Å². The van der Waals surface area contributed by atoms with Gasteiger partial charge in [0.15, 0.2) is 5.11 Å². The van der Waals surface area contributed by atoms with E-state index < -0.39 is 11.7 Å². The normalized spacial score (nSPS) is 34.4. The summed E-state index contributed by atoms with van der Waals surface area (Å²) in [4.78, 5) is 4.69. The third-order valence-corrected chi connectivity index (χ3v) is 8.03. The van der Waals surface area contributed by atoms with Gasteiger partial charge < -0.3 is 10.2 Å². The summed E-state index contributed by atoms with van der Waals surface area (Å²) < 4.78 is 39.7. The number of rotatable bonds is 2. The molecule has 1 aliphatic heterocycles. The number of hydrogen-bond acceptors (Lipinski definition) is 2. The summed E-state index contributed by atoms with van der Waals surface area (Å²) in [7, 11) is 0. The monoisotopic (exact) mass is 423 g/mol. The largest absolute Gasteiger partial charge is 0.418 e. The van der Waals surface area contributed by atoms with Gasteiger partial charge in [-0.1, -0.05) is 12.1 Å². The Morgan fingerprint density at radius 1 is 0.897 bits per heavy atom. The van der Waals surface area contributed by atoms with Crippen LogP contribution in [0.4, 0.5) is 18.9 Å². The smallest absolute Gasteiger partial charge is 0.346 e. The highest BCUT2D eigenvalue weighted by Crippen LogP contribution is 2.55. The van der Waals surface area contributed by atoms with Gasteiger partial charge in [-0.25, -0.2) is 0 Å². The molecule has 158 valence electrons. The van der Waals surface area contributed by atoms with E-state index in [-0.39, 0.29) is 5.69 Å². The zero-order valence-corrected chi connectivity index (χ0v) is 17.3. The molecule has 4 aliphatic carbocycles. The Balaban J connectivity index is 1.20. The van der Waals surface area contributed by atoms with E-state index in [1.54, 1.807) is 6.07 Å². The SMILES string of the molecule is FC(F)(F)c1ccccc1NC(=S)N1CCN(C2C3CC4CC(C3)CC2C4)CC1. The second-order valence-corrected chi connectivity index (χ2v) is 9.80. The number of para-hydroxylation sites is 1. The number of alkyl halides is 3. The summed E-state index contributed by atoms with van der Waals surface area (Å²) in [5.74, 6) is 3.67. The maximum atomic E-state index is 13.2. The molecule has 0 unspecified atom stereocenters. The average Bonchev–Trinajstić information content (AvgIpc) is 2.67. The molecule has 4 bridgehead atoms. The molecular formula is C22H28F3N3S. The van der Waals surface area contributed by atoms with E-state index in [4.69, 9.17) is 12.2 Å². The van der Waals surface area contributed by atoms with Crippen LogP contribution in [0.25, 0.3) is 0 Å². The van der Waals surface area contributed by atoms with Crippen LogP contribution in [-0.2, 0) is 6.18 Å². The summed E-state index contributed by atoms with van der Waals surface area (Å²) in [6.07, 6.45) is 2.71. The predicted octanol–water partition coefficient (Wildman–Crippen LogP) is 4.84. The number of benzene rings is 1. The van der Waals surface area contributed by atoms with Gasteiger partial charge in [0.05, 0.1) is 11.3 Å². The molecule has 5 fully saturated rings. The number of anilines is 1. The molecule has 5 aliphatic rings. The van der Waals surface area contributed by atoms with Crippen LogP contribution in [0.15, 0.2) is 24.3 Å². The summed E-state index contributed by atoms with van der Waals surface area (Å²) in [5, 5.41) is 3.25. The van der Waals surface area contributed by atoms with Gasteiger partial charge in [0.1, 0.15) is 0 Å². The van der Waals surface area contributed by atoms with E-state index in [2.05, 4.69) is 10.2 Å². The van der Waals surface area contributed by atoms with Crippen LogP contribution in [0.2, 0.25) is 0 Å². The molecule has 1 heterocycles. The molecule has 1 N–H and O–H groups in total. The Morgan fingerprint density at radius 2 is 1.48 bits per heavy atom. The first-order valence-electron chi connectivity index (χ1n) is 10.8. The molecule has 0 atom stereocenters. The molecule has 3 nitrogen and oxygen atoms in total. The topological polar surface area (TPSA) is 18.5 Å². The fraction of sp³-hybridized carbons (Fsp3) is 0.682. The molecule has 7 heteroatoms. The number of piperazine rings is 1. The highest BCUT2D eigenvalue weighted by molar-refractivity contribution is 7.80. The van der Waals surface area contributed by atoms with Gasteiger partial charge in [-0.3, -0.25) is 4.90 Å². The fourth-order valence-corrected chi connectivity index (χ4v) is 7.04. The van der Waals surface area contributed by atoms with Gasteiger partial charge >= 0.3 is 6.18 Å². The molecule has 1 saturated heterocycles. The molecule has 0 radical (unpaired) electrons. The lowest BCUT2D eigenvalue weighted by Crippen LogP contribution is -2.60. The van der Waals surface area contributed by atoms with E-state index in [0.29, 0.717) is 5.11 Å². The van der Waals surface area contributed by atoms with Crippen LogP contribution < -0.4 is 5.32 Å². The van der Waals surface area contributed by atoms with E-state index in [1.807, 2.05) is 4.90 Å². The minimum atomic E-state index is -4.39. The molecule has 1 aromatic rings. The van der Waals surface area contributed by atoms with Crippen molar-refractivity contribution in [2.45, 2.75) is 44.3 Å². The van der Waals surface area contributed by atoms with Gasteiger partial charge in [-0.05, 0) is 80.1 Å². The van der Waals surface area contributed by atoms with Crippen LogP contribution in [0.5, 0.6) is 0 Å². The first kappa shape index (κ1) is 19.6. The number of halogens is 3. The highest BCUT2D eigenvalue weighted by atomic mass is 32.1. The Morgan fingerprint density at radius 3 is 2.07 bits per heavy atom. The van der Waals surface area contributed by atoms with E-state index in [1.165, 1.54) is 44.2 Å². The Labute approximate surface area is 175 Å².